The summed E-state index contributed by atoms with van der Waals surface area (Å²) in [4.78, 5) is 0. The van der Waals surface area contributed by atoms with Crippen molar-refractivity contribution in [3.05, 3.63) is 0 Å². The van der Waals surface area contributed by atoms with E-state index >= 15 is 0 Å². The molecule has 0 bridgehead atoms. The van der Waals surface area contributed by atoms with Gasteiger partial charge in [0.25, 0.3) is 0 Å². The van der Waals surface area contributed by atoms with Crippen LogP contribution < -0.4 is 0 Å². The second-order valence-electron chi connectivity index (χ2n) is 2.54. The van der Waals surface area contributed by atoms with Crippen molar-refractivity contribution in [1.82, 2.24) is 0 Å². The van der Waals surface area contributed by atoms with Crippen LogP contribution in [0.2, 0.25) is 0 Å². The number of ether oxygens (including phenoxy) is 1. The lowest BCUT2D eigenvalue weighted by molar-refractivity contribution is -0.0670. The van der Waals surface area contributed by atoms with E-state index in [4.69, 9.17) is 20.1 Å². The molecule has 0 spiro atoms. The van der Waals surface area contributed by atoms with Crippen molar-refractivity contribution in [2.45, 2.75) is 30.5 Å². The van der Waals surface area contributed by atoms with Crippen LogP contribution in [-0.4, -0.2) is 45.8 Å². The quantitative estimate of drug-likeness (QED) is 0.328. The van der Waals surface area contributed by atoms with Crippen molar-refractivity contribution in [3.8, 4) is 0 Å². The lowest BCUT2D eigenvalue weighted by Crippen LogP contribution is -2.34. The molecule has 5 atom stereocenters. The highest BCUT2D eigenvalue weighted by atomic mass is 16.6. The topological polar surface area (TPSA) is 73.2 Å². The molecule has 4 heteroatoms. The molecule has 52 valence electrons. The summed E-state index contributed by atoms with van der Waals surface area (Å²) in [6.45, 7) is 0. The Bertz CT molecular complexity index is 119. The summed E-state index contributed by atoms with van der Waals surface area (Å²) in [5.41, 5.74) is 0. The summed E-state index contributed by atoms with van der Waals surface area (Å²) >= 11 is 0. The Kier molecular flexibility index (Phi) is 0.912. The van der Waals surface area contributed by atoms with Gasteiger partial charge in [0.05, 0.1) is 0 Å². The largest absolute Gasteiger partial charge is 0.387 e. The number of rotatable bonds is 0. The Balaban J connectivity index is 2.14. The summed E-state index contributed by atoms with van der Waals surface area (Å²) in [5.74, 6) is 0. The zero-order valence-corrected chi connectivity index (χ0v) is 4.64. The van der Waals surface area contributed by atoms with Crippen LogP contribution in [0.25, 0.3) is 0 Å². The minimum absolute atomic E-state index is 0.310. The standard InChI is InChI=1S/C5H8O4/c6-1-2(7)4-5(9-4)3(1)8/h1-8H/t1?,2-,3+,4?,5?. The maximum atomic E-state index is 8.94. The number of hydrogen-bond acceptors (Lipinski definition) is 4. The molecule has 1 aliphatic heterocycles. The fourth-order valence-corrected chi connectivity index (χ4v) is 1.28. The molecular formula is C5H8O4. The second kappa shape index (κ2) is 1.46. The molecule has 3 unspecified atom stereocenters. The van der Waals surface area contributed by atoms with Crippen molar-refractivity contribution < 1.29 is 20.1 Å². The highest BCUT2D eigenvalue weighted by Crippen LogP contribution is 2.38. The maximum Gasteiger partial charge on any atom is 0.115 e. The van der Waals surface area contributed by atoms with Crippen LogP contribution >= 0.6 is 0 Å². The SMILES string of the molecule is OC1[C@H](O)C2OC2[C@@H]1O. The predicted molar refractivity (Wildman–Crippen MR) is 26.7 cm³/mol. The van der Waals surface area contributed by atoms with Gasteiger partial charge in [-0.1, -0.05) is 0 Å². The Morgan fingerprint density at radius 2 is 1.22 bits per heavy atom. The van der Waals surface area contributed by atoms with Gasteiger partial charge < -0.3 is 20.1 Å². The van der Waals surface area contributed by atoms with E-state index in [0.717, 1.165) is 0 Å². The van der Waals surface area contributed by atoms with E-state index in [0.29, 0.717) is 0 Å². The van der Waals surface area contributed by atoms with E-state index in [1.54, 1.807) is 0 Å². The van der Waals surface area contributed by atoms with Crippen molar-refractivity contribution in [1.29, 1.82) is 0 Å². The molecule has 1 saturated carbocycles. The van der Waals surface area contributed by atoms with Crippen molar-refractivity contribution in [3.63, 3.8) is 0 Å². The Hall–Kier alpha value is -0.160. The molecule has 1 heterocycles. The third-order valence-corrected chi connectivity index (χ3v) is 1.93. The van der Waals surface area contributed by atoms with Crippen LogP contribution in [0, 0.1) is 0 Å². The molecule has 0 aromatic carbocycles. The molecule has 1 aliphatic carbocycles. The number of epoxide rings is 1. The minimum Gasteiger partial charge on any atom is -0.387 e. The van der Waals surface area contributed by atoms with Gasteiger partial charge in [-0.05, 0) is 0 Å². The van der Waals surface area contributed by atoms with Crippen LogP contribution in [0.4, 0.5) is 0 Å². The first-order valence-corrected chi connectivity index (χ1v) is 2.91. The monoisotopic (exact) mass is 132 g/mol. The van der Waals surface area contributed by atoms with E-state index in [-0.39, 0.29) is 12.2 Å². The number of aliphatic hydroxyl groups excluding tert-OH is 3. The Morgan fingerprint density at radius 3 is 1.44 bits per heavy atom. The molecule has 2 rings (SSSR count). The lowest BCUT2D eigenvalue weighted by Gasteiger charge is -2.13. The van der Waals surface area contributed by atoms with E-state index in [1.807, 2.05) is 0 Å². The predicted octanol–water partition coefficient (Wildman–Crippen LogP) is -2.15. The fraction of sp³-hybridized carbons (Fsp3) is 1.00. The van der Waals surface area contributed by atoms with Gasteiger partial charge in [0.15, 0.2) is 0 Å². The molecule has 9 heavy (non-hydrogen) atoms. The molecule has 3 N–H and O–H groups in total. The first kappa shape index (κ1) is 5.61. The van der Waals surface area contributed by atoms with Crippen molar-refractivity contribution in [2.24, 2.45) is 0 Å². The first-order valence-electron chi connectivity index (χ1n) is 2.91. The molecule has 0 amide bonds. The van der Waals surface area contributed by atoms with Crippen LogP contribution in [0.15, 0.2) is 0 Å². The Morgan fingerprint density at radius 1 is 0.778 bits per heavy atom. The van der Waals surface area contributed by atoms with Crippen LogP contribution in [0.1, 0.15) is 0 Å². The van der Waals surface area contributed by atoms with Gasteiger partial charge in [0.1, 0.15) is 30.5 Å². The molecule has 4 nitrogen and oxygen atoms in total. The van der Waals surface area contributed by atoms with Crippen LogP contribution in [0.5, 0.6) is 0 Å². The average molecular weight is 132 g/mol. The highest BCUT2D eigenvalue weighted by molar-refractivity contribution is 5.09. The number of fused-ring (bicyclic) bond motifs is 1. The zero-order chi connectivity index (χ0) is 6.59. The van der Waals surface area contributed by atoms with Gasteiger partial charge in [0, 0.05) is 0 Å². The summed E-state index contributed by atoms with van der Waals surface area (Å²) in [6.07, 6.45) is -3.39. The van der Waals surface area contributed by atoms with Crippen LogP contribution in [-0.2, 0) is 4.74 Å². The molecule has 0 aromatic heterocycles. The van der Waals surface area contributed by atoms with Gasteiger partial charge in [-0.2, -0.15) is 0 Å². The highest BCUT2D eigenvalue weighted by Gasteiger charge is 2.61. The van der Waals surface area contributed by atoms with Gasteiger partial charge in [-0.15, -0.1) is 0 Å². The van der Waals surface area contributed by atoms with Gasteiger partial charge in [-0.3, -0.25) is 0 Å². The Labute approximate surface area is 51.7 Å². The molecule has 2 fully saturated rings. The smallest absolute Gasteiger partial charge is 0.115 e. The molecule has 2 aliphatic rings. The summed E-state index contributed by atoms with van der Waals surface area (Å²) in [5, 5.41) is 26.8. The van der Waals surface area contributed by atoms with Crippen molar-refractivity contribution >= 4 is 0 Å². The maximum absolute atomic E-state index is 8.94. The van der Waals surface area contributed by atoms with Gasteiger partial charge in [-0.25, -0.2) is 0 Å². The summed E-state index contributed by atoms with van der Waals surface area (Å²) < 4.78 is 4.79. The lowest BCUT2D eigenvalue weighted by atomic mass is 10.2. The molecule has 0 radical (unpaired) electrons. The fourth-order valence-electron chi connectivity index (χ4n) is 1.28. The van der Waals surface area contributed by atoms with E-state index in [2.05, 4.69) is 0 Å². The average Bonchev–Trinajstić information content (AvgIpc) is 2.56. The van der Waals surface area contributed by atoms with Crippen molar-refractivity contribution in [2.75, 3.05) is 0 Å². The summed E-state index contributed by atoms with van der Waals surface area (Å²) in [6, 6.07) is 0. The molecule has 0 aromatic rings. The van der Waals surface area contributed by atoms with E-state index in [1.165, 1.54) is 0 Å². The number of hydrogen-bond donors (Lipinski definition) is 3. The summed E-state index contributed by atoms with van der Waals surface area (Å²) in [7, 11) is 0. The molecule has 1 saturated heterocycles. The van der Waals surface area contributed by atoms with E-state index in [9.17, 15) is 0 Å². The number of aliphatic hydroxyl groups is 3. The zero-order valence-electron chi connectivity index (χ0n) is 4.64. The van der Waals surface area contributed by atoms with Gasteiger partial charge >= 0.3 is 0 Å². The third kappa shape index (κ3) is 0.561. The molecular weight excluding hydrogens is 124 g/mol. The van der Waals surface area contributed by atoms with E-state index < -0.39 is 18.3 Å². The first-order chi connectivity index (χ1) is 4.22. The second-order valence-corrected chi connectivity index (χ2v) is 2.54. The van der Waals surface area contributed by atoms with Gasteiger partial charge in [0.2, 0.25) is 0 Å². The third-order valence-electron chi connectivity index (χ3n) is 1.93. The normalized spacial score (nSPS) is 63.7. The van der Waals surface area contributed by atoms with Crippen LogP contribution in [0.3, 0.4) is 0 Å². The minimum atomic E-state index is -1.01.